The molecule has 212 valence electrons. The van der Waals surface area contributed by atoms with Gasteiger partial charge in [0.05, 0.1) is 31.0 Å². The summed E-state index contributed by atoms with van der Waals surface area (Å²) >= 11 is 6.36. The fourth-order valence-corrected chi connectivity index (χ4v) is 7.38. The molecule has 2 aromatic heterocycles. The summed E-state index contributed by atoms with van der Waals surface area (Å²) in [6.45, 7) is 3.86. The zero-order valence-electron chi connectivity index (χ0n) is 22.2. The van der Waals surface area contributed by atoms with Crippen molar-refractivity contribution in [2.24, 2.45) is 10.8 Å². The molecular formula is C28H29ClF4N6O. The molecule has 0 amide bonds. The molecular weight excluding hydrogens is 548 g/mol. The largest absolute Gasteiger partial charge is 0.493 e. The minimum Gasteiger partial charge on any atom is -0.493 e. The van der Waals surface area contributed by atoms with Crippen LogP contribution in [-0.4, -0.2) is 57.1 Å². The van der Waals surface area contributed by atoms with Crippen molar-refractivity contribution in [3.8, 4) is 11.4 Å². The number of halogens is 5. The molecule has 2 saturated carbocycles. The molecule has 40 heavy (non-hydrogen) atoms. The predicted octanol–water partition coefficient (Wildman–Crippen LogP) is 5.89. The molecule has 0 unspecified atom stereocenters. The van der Waals surface area contributed by atoms with Crippen molar-refractivity contribution in [3.63, 3.8) is 0 Å². The number of hydrogen-bond donors (Lipinski definition) is 0. The van der Waals surface area contributed by atoms with Crippen LogP contribution in [0.25, 0.3) is 5.69 Å². The van der Waals surface area contributed by atoms with E-state index in [1.54, 1.807) is 0 Å². The minimum absolute atomic E-state index is 0.0722. The summed E-state index contributed by atoms with van der Waals surface area (Å²) in [6.07, 6.45) is -0.989. The Morgan fingerprint density at radius 3 is 2.50 bits per heavy atom. The highest BCUT2D eigenvalue weighted by Gasteiger charge is 2.60. The Hall–Kier alpha value is -2.92. The van der Waals surface area contributed by atoms with Gasteiger partial charge < -0.3 is 9.64 Å². The van der Waals surface area contributed by atoms with E-state index < -0.39 is 17.4 Å². The summed E-state index contributed by atoms with van der Waals surface area (Å²) in [4.78, 5) is 8.45. The molecule has 1 aromatic carbocycles. The van der Waals surface area contributed by atoms with Crippen molar-refractivity contribution in [3.05, 3.63) is 58.5 Å². The third kappa shape index (κ3) is 3.99. The normalized spacial score (nSPS) is 25.9. The van der Waals surface area contributed by atoms with Gasteiger partial charge in [-0.25, -0.2) is 9.37 Å². The van der Waals surface area contributed by atoms with Crippen molar-refractivity contribution >= 4 is 17.4 Å². The summed E-state index contributed by atoms with van der Waals surface area (Å²) in [7, 11) is 1.51. The number of alkyl halides is 3. The lowest BCUT2D eigenvalue weighted by Crippen LogP contribution is -2.62. The molecule has 1 saturated heterocycles. The van der Waals surface area contributed by atoms with Gasteiger partial charge >= 0.3 is 6.18 Å². The highest BCUT2D eigenvalue weighted by atomic mass is 35.5. The summed E-state index contributed by atoms with van der Waals surface area (Å²) in [5.41, 5.74) is 0.387. The van der Waals surface area contributed by atoms with E-state index in [2.05, 4.69) is 29.5 Å². The molecule has 12 heteroatoms. The van der Waals surface area contributed by atoms with E-state index in [-0.39, 0.29) is 30.2 Å². The van der Waals surface area contributed by atoms with Crippen molar-refractivity contribution in [1.82, 2.24) is 24.6 Å². The number of pyridine rings is 1. The van der Waals surface area contributed by atoms with Crippen LogP contribution in [0.1, 0.15) is 55.7 Å². The van der Waals surface area contributed by atoms with E-state index in [0.717, 1.165) is 48.8 Å². The molecule has 7 nitrogen and oxygen atoms in total. The molecule has 2 aliphatic carbocycles. The Kier molecular flexibility index (Phi) is 5.71. The first-order chi connectivity index (χ1) is 19.0. The van der Waals surface area contributed by atoms with Gasteiger partial charge in [-0.15, -0.1) is 10.2 Å². The number of fused-ring (bicyclic) bond motifs is 3. The fourth-order valence-electron chi connectivity index (χ4n) is 7.18. The molecule has 0 atom stereocenters. The molecule has 3 fully saturated rings. The minimum atomic E-state index is -4.21. The maximum atomic E-state index is 13.6. The van der Waals surface area contributed by atoms with Crippen LogP contribution in [0.4, 0.5) is 23.4 Å². The first kappa shape index (κ1) is 26.0. The topological polar surface area (TPSA) is 59.3 Å². The third-order valence-corrected chi connectivity index (χ3v) is 9.66. The smallest absolute Gasteiger partial charge is 0.394 e. The standard InChI is InChI=1S/C28H29ClF4N6O/c1-26(28(31,32)33)9-20(10-26)37-12-16-5-18(29)3-4-21(16)39-23(13-37)35-36-24(39)17-7-27(8-17)14-38(15-27)25-22(40-2)6-19(30)11-34-25/h3-6,11,17,20H,7-10,12-15H2,1-2H3. The summed E-state index contributed by atoms with van der Waals surface area (Å²) < 4.78 is 61.7. The van der Waals surface area contributed by atoms with Gasteiger partial charge in [0, 0.05) is 48.1 Å². The van der Waals surface area contributed by atoms with Crippen LogP contribution in [0.5, 0.6) is 5.75 Å². The Bertz CT molecular complexity index is 1470. The van der Waals surface area contributed by atoms with Crippen molar-refractivity contribution in [1.29, 1.82) is 0 Å². The summed E-state index contributed by atoms with van der Waals surface area (Å²) in [5.74, 6) is 2.48. The summed E-state index contributed by atoms with van der Waals surface area (Å²) in [6, 6.07) is 6.87. The number of ether oxygens (including phenoxy) is 1. The predicted molar refractivity (Wildman–Crippen MR) is 140 cm³/mol. The van der Waals surface area contributed by atoms with Gasteiger partial charge in [-0.3, -0.25) is 9.47 Å². The van der Waals surface area contributed by atoms with E-state index in [0.29, 0.717) is 29.7 Å². The monoisotopic (exact) mass is 576 g/mol. The van der Waals surface area contributed by atoms with Crippen molar-refractivity contribution in [2.75, 3.05) is 25.1 Å². The molecule has 7 rings (SSSR count). The van der Waals surface area contributed by atoms with Gasteiger partial charge in [-0.2, -0.15) is 13.2 Å². The van der Waals surface area contributed by atoms with E-state index >= 15 is 0 Å². The first-order valence-corrected chi connectivity index (χ1v) is 13.8. The lowest BCUT2D eigenvalue weighted by atomic mass is 9.57. The number of methoxy groups -OCH3 is 1. The van der Waals surface area contributed by atoms with Crippen LogP contribution in [0, 0.1) is 16.6 Å². The van der Waals surface area contributed by atoms with Gasteiger partial charge in [0.15, 0.2) is 17.4 Å². The summed E-state index contributed by atoms with van der Waals surface area (Å²) in [5, 5.41) is 9.75. The maximum Gasteiger partial charge on any atom is 0.394 e. The molecule has 3 aromatic rings. The average Bonchev–Trinajstić information content (AvgIpc) is 3.15. The van der Waals surface area contributed by atoms with Crippen molar-refractivity contribution in [2.45, 2.75) is 63.8 Å². The molecule has 4 heterocycles. The van der Waals surface area contributed by atoms with Crippen LogP contribution >= 0.6 is 11.6 Å². The Balaban J connectivity index is 1.11. The van der Waals surface area contributed by atoms with E-state index in [1.165, 1.54) is 26.3 Å². The number of nitrogens with zero attached hydrogens (tertiary/aromatic N) is 6. The Morgan fingerprint density at radius 1 is 1.05 bits per heavy atom. The van der Waals surface area contributed by atoms with Crippen LogP contribution in [-0.2, 0) is 13.1 Å². The SMILES string of the molecule is COc1cc(F)cnc1N1CC2(CC(c3nnc4n3-c3ccc(Cl)cc3CN(C3CC(C)(C(F)(F)F)C3)C4)C2)C1. The molecule has 0 radical (unpaired) electrons. The third-order valence-electron chi connectivity index (χ3n) is 9.42. The van der Waals surface area contributed by atoms with Gasteiger partial charge in [-0.05, 0) is 49.4 Å². The highest BCUT2D eigenvalue weighted by molar-refractivity contribution is 6.30. The van der Waals surface area contributed by atoms with Crippen LogP contribution < -0.4 is 9.64 Å². The second-order valence-corrected chi connectivity index (χ2v) is 12.7. The van der Waals surface area contributed by atoms with Crippen LogP contribution in [0.2, 0.25) is 5.02 Å². The number of rotatable bonds is 4. The van der Waals surface area contributed by atoms with Gasteiger partial charge in [0.25, 0.3) is 0 Å². The average molecular weight is 577 g/mol. The Morgan fingerprint density at radius 2 is 1.80 bits per heavy atom. The zero-order chi connectivity index (χ0) is 28.0. The number of benzene rings is 1. The second-order valence-electron chi connectivity index (χ2n) is 12.2. The Labute approximate surface area is 234 Å². The molecule has 0 bridgehead atoms. The van der Waals surface area contributed by atoms with Gasteiger partial charge in [-0.1, -0.05) is 18.5 Å². The highest BCUT2D eigenvalue weighted by Crippen LogP contribution is 2.58. The van der Waals surface area contributed by atoms with Gasteiger partial charge in [0.2, 0.25) is 0 Å². The quantitative estimate of drug-likeness (QED) is 0.361. The molecule has 1 spiro atoms. The maximum absolute atomic E-state index is 13.6. The second kappa shape index (κ2) is 8.79. The van der Waals surface area contributed by atoms with E-state index in [4.69, 9.17) is 16.3 Å². The molecule has 4 aliphatic rings. The lowest BCUT2D eigenvalue weighted by molar-refractivity contribution is -0.258. The zero-order valence-corrected chi connectivity index (χ0v) is 22.9. The lowest BCUT2D eigenvalue weighted by Gasteiger charge is -2.59. The number of hydrogen-bond acceptors (Lipinski definition) is 6. The van der Waals surface area contributed by atoms with E-state index in [9.17, 15) is 17.6 Å². The number of anilines is 1. The van der Waals surface area contributed by atoms with Crippen molar-refractivity contribution < 1.29 is 22.3 Å². The van der Waals surface area contributed by atoms with Crippen LogP contribution in [0.15, 0.2) is 30.5 Å². The molecule has 2 aliphatic heterocycles. The van der Waals surface area contributed by atoms with E-state index in [1.807, 2.05) is 18.2 Å². The first-order valence-electron chi connectivity index (χ1n) is 13.5. The molecule has 0 N–H and O–H groups in total. The number of aromatic nitrogens is 4. The van der Waals surface area contributed by atoms with Crippen LogP contribution in [0.3, 0.4) is 0 Å². The van der Waals surface area contributed by atoms with Gasteiger partial charge in [0.1, 0.15) is 11.6 Å². The fraction of sp³-hybridized carbons (Fsp3) is 0.536.